The van der Waals surface area contributed by atoms with Crippen molar-refractivity contribution in [2.24, 2.45) is 0 Å². The molecule has 0 fully saturated rings. The van der Waals surface area contributed by atoms with Gasteiger partial charge in [-0.2, -0.15) is 0 Å². The maximum absolute atomic E-state index is 13.0. The van der Waals surface area contributed by atoms with Crippen LogP contribution in [0.2, 0.25) is 0 Å². The van der Waals surface area contributed by atoms with E-state index in [-0.39, 0.29) is 11.9 Å². The van der Waals surface area contributed by atoms with Gasteiger partial charge in [0.15, 0.2) is 0 Å². The van der Waals surface area contributed by atoms with Gasteiger partial charge in [0.1, 0.15) is 17.3 Å². The molecular weight excluding hydrogens is 313 g/mol. The summed E-state index contributed by atoms with van der Waals surface area (Å²) >= 11 is 3.17. The SMILES string of the molecule is Cc1ccc(C(C)NC(=O)c2ccc(F)cc2Br)o1. The van der Waals surface area contributed by atoms with Crippen LogP contribution >= 0.6 is 15.9 Å². The summed E-state index contributed by atoms with van der Waals surface area (Å²) < 4.78 is 18.8. The number of furan rings is 1. The van der Waals surface area contributed by atoms with Crippen molar-refractivity contribution in [3.8, 4) is 0 Å². The second-order valence-electron chi connectivity index (χ2n) is 4.27. The van der Waals surface area contributed by atoms with Gasteiger partial charge in [-0.15, -0.1) is 0 Å². The lowest BCUT2D eigenvalue weighted by Crippen LogP contribution is -2.26. The molecule has 0 bridgehead atoms. The minimum Gasteiger partial charge on any atom is -0.464 e. The smallest absolute Gasteiger partial charge is 0.253 e. The van der Waals surface area contributed by atoms with Crippen LogP contribution in [0, 0.1) is 12.7 Å². The van der Waals surface area contributed by atoms with Gasteiger partial charge in [-0.3, -0.25) is 4.79 Å². The van der Waals surface area contributed by atoms with Gasteiger partial charge in [-0.25, -0.2) is 4.39 Å². The number of halogens is 2. The Hall–Kier alpha value is -1.62. The number of aryl methyl sites for hydroxylation is 1. The van der Waals surface area contributed by atoms with Crippen LogP contribution in [0.1, 0.15) is 34.8 Å². The van der Waals surface area contributed by atoms with Gasteiger partial charge in [-0.05, 0) is 60.1 Å². The Morgan fingerprint density at radius 3 is 2.68 bits per heavy atom. The van der Waals surface area contributed by atoms with Crippen LogP contribution in [0.3, 0.4) is 0 Å². The first kappa shape index (κ1) is 13.8. The van der Waals surface area contributed by atoms with Crippen LogP contribution in [0.4, 0.5) is 4.39 Å². The van der Waals surface area contributed by atoms with Crippen LogP contribution in [0.5, 0.6) is 0 Å². The normalized spacial score (nSPS) is 12.2. The van der Waals surface area contributed by atoms with E-state index in [9.17, 15) is 9.18 Å². The first-order valence-corrected chi connectivity index (χ1v) is 6.59. The molecule has 1 heterocycles. The zero-order chi connectivity index (χ0) is 14.0. The molecule has 19 heavy (non-hydrogen) atoms. The van der Waals surface area contributed by atoms with Crippen molar-refractivity contribution in [3.05, 3.63) is 57.7 Å². The fourth-order valence-corrected chi connectivity index (χ4v) is 2.24. The minimum absolute atomic E-state index is 0.252. The number of rotatable bonds is 3. The number of benzene rings is 1. The van der Waals surface area contributed by atoms with E-state index in [0.717, 1.165) is 5.76 Å². The number of hydrogen-bond acceptors (Lipinski definition) is 2. The number of hydrogen-bond donors (Lipinski definition) is 1. The predicted molar refractivity (Wildman–Crippen MR) is 73.4 cm³/mol. The van der Waals surface area contributed by atoms with Gasteiger partial charge in [0, 0.05) is 4.47 Å². The quantitative estimate of drug-likeness (QED) is 0.927. The third-order valence-electron chi connectivity index (χ3n) is 2.71. The highest BCUT2D eigenvalue weighted by Gasteiger charge is 2.16. The first-order valence-electron chi connectivity index (χ1n) is 5.79. The molecule has 3 nitrogen and oxygen atoms in total. The molecule has 1 aromatic carbocycles. The van der Waals surface area contributed by atoms with E-state index in [4.69, 9.17) is 4.42 Å². The summed E-state index contributed by atoms with van der Waals surface area (Å²) in [4.78, 5) is 12.1. The van der Waals surface area contributed by atoms with Crippen molar-refractivity contribution in [1.29, 1.82) is 0 Å². The van der Waals surface area contributed by atoms with Crippen molar-refractivity contribution in [2.75, 3.05) is 0 Å². The third-order valence-corrected chi connectivity index (χ3v) is 3.37. The Kier molecular flexibility index (Phi) is 4.04. The first-order chi connectivity index (χ1) is 8.97. The molecule has 5 heteroatoms. The molecular formula is C14H13BrFNO2. The van der Waals surface area contributed by atoms with Crippen LogP contribution < -0.4 is 5.32 Å². The summed E-state index contributed by atoms with van der Waals surface area (Å²) in [5.74, 6) is 0.801. The van der Waals surface area contributed by atoms with E-state index in [1.54, 1.807) is 0 Å². The molecule has 0 radical (unpaired) electrons. The molecule has 1 N–H and O–H groups in total. The molecule has 1 aromatic heterocycles. The van der Waals surface area contributed by atoms with E-state index in [1.807, 2.05) is 26.0 Å². The highest BCUT2D eigenvalue weighted by molar-refractivity contribution is 9.10. The highest BCUT2D eigenvalue weighted by Crippen LogP contribution is 2.20. The fourth-order valence-electron chi connectivity index (χ4n) is 1.71. The predicted octanol–water partition coefficient (Wildman–Crippen LogP) is 3.98. The van der Waals surface area contributed by atoms with Crippen LogP contribution in [-0.4, -0.2) is 5.91 Å². The Morgan fingerprint density at radius 2 is 2.11 bits per heavy atom. The average molecular weight is 326 g/mol. The molecule has 1 amide bonds. The lowest BCUT2D eigenvalue weighted by Gasteiger charge is -2.12. The molecule has 0 aliphatic heterocycles. The molecule has 0 saturated carbocycles. The molecule has 0 spiro atoms. The summed E-state index contributed by atoms with van der Waals surface area (Å²) in [7, 11) is 0. The molecule has 1 unspecified atom stereocenters. The summed E-state index contributed by atoms with van der Waals surface area (Å²) in [6.45, 7) is 3.67. The van der Waals surface area contributed by atoms with E-state index >= 15 is 0 Å². The van der Waals surface area contributed by atoms with Gasteiger partial charge in [0.2, 0.25) is 0 Å². The van der Waals surface area contributed by atoms with Crippen molar-refractivity contribution < 1.29 is 13.6 Å². The highest BCUT2D eigenvalue weighted by atomic mass is 79.9. The van der Waals surface area contributed by atoms with Gasteiger partial charge in [-0.1, -0.05) is 0 Å². The van der Waals surface area contributed by atoms with Crippen molar-refractivity contribution >= 4 is 21.8 Å². The molecule has 1 atom stereocenters. The maximum atomic E-state index is 13.0. The van der Waals surface area contributed by atoms with Crippen LogP contribution in [0.25, 0.3) is 0 Å². The van der Waals surface area contributed by atoms with E-state index in [1.165, 1.54) is 18.2 Å². The topological polar surface area (TPSA) is 42.2 Å². The fraction of sp³-hybridized carbons (Fsp3) is 0.214. The maximum Gasteiger partial charge on any atom is 0.253 e. The minimum atomic E-state index is -0.391. The van der Waals surface area contributed by atoms with E-state index < -0.39 is 5.82 Å². The summed E-state index contributed by atoms with van der Waals surface area (Å²) in [6.07, 6.45) is 0. The standard InChI is InChI=1S/C14H13BrFNO2/c1-8-3-6-13(19-8)9(2)17-14(18)11-5-4-10(16)7-12(11)15/h3-7,9H,1-2H3,(H,17,18). The van der Waals surface area contributed by atoms with Crippen LogP contribution in [0.15, 0.2) is 39.2 Å². The summed E-state index contributed by atoms with van der Waals surface area (Å²) in [5.41, 5.74) is 0.386. The zero-order valence-electron chi connectivity index (χ0n) is 10.5. The molecule has 0 aliphatic carbocycles. The number of carbonyl (C=O) groups excluding carboxylic acids is 1. The number of amides is 1. The largest absolute Gasteiger partial charge is 0.464 e. The van der Waals surface area contributed by atoms with Crippen molar-refractivity contribution in [1.82, 2.24) is 5.32 Å². The second-order valence-corrected chi connectivity index (χ2v) is 5.12. The van der Waals surface area contributed by atoms with Gasteiger partial charge < -0.3 is 9.73 Å². The van der Waals surface area contributed by atoms with Crippen LogP contribution in [-0.2, 0) is 0 Å². The van der Waals surface area contributed by atoms with E-state index in [0.29, 0.717) is 15.8 Å². The Balaban J connectivity index is 2.12. The third kappa shape index (κ3) is 3.23. The lowest BCUT2D eigenvalue weighted by atomic mass is 10.2. The number of carbonyl (C=O) groups is 1. The van der Waals surface area contributed by atoms with Crippen molar-refractivity contribution in [3.63, 3.8) is 0 Å². The second kappa shape index (κ2) is 5.57. The summed E-state index contributed by atoms with van der Waals surface area (Å²) in [5, 5.41) is 2.80. The average Bonchev–Trinajstić information content (AvgIpc) is 2.75. The molecule has 100 valence electrons. The Labute approximate surface area is 118 Å². The Morgan fingerprint density at radius 1 is 1.37 bits per heavy atom. The van der Waals surface area contributed by atoms with E-state index in [2.05, 4.69) is 21.2 Å². The molecule has 2 aromatic rings. The lowest BCUT2D eigenvalue weighted by molar-refractivity contribution is 0.0934. The molecule has 2 rings (SSSR count). The zero-order valence-corrected chi connectivity index (χ0v) is 12.1. The Bertz CT molecular complexity index is 609. The molecule has 0 saturated heterocycles. The summed E-state index contributed by atoms with van der Waals surface area (Å²) in [6, 6.07) is 7.36. The van der Waals surface area contributed by atoms with Gasteiger partial charge in [0.25, 0.3) is 5.91 Å². The van der Waals surface area contributed by atoms with Gasteiger partial charge >= 0.3 is 0 Å². The molecule has 0 aliphatic rings. The monoisotopic (exact) mass is 325 g/mol. The number of nitrogens with one attached hydrogen (secondary N) is 1. The van der Waals surface area contributed by atoms with Crippen molar-refractivity contribution in [2.45, 2.75) is 19.9 Å². The van der Waals surface area contributed by atoms with Gasteiger partial charge in [0.05, 0.1) is 11.6 Å².